The number of aryl methyl sites for hydroxylation is 1. The summed E-state index contributed by atoms with van der Waals surface area (Å²) in [4.78, 5) is 41.9. The second-order valence-electron chi connectivity index (χ2n) is 5.51. The lowest BCUT2D eigenvalue weighted by Gasteiger charge is -2.15. The Balaban J connectivity index is 1.74. The van der Waals surface area contributed by atoms with E-state index < -0.39 is 23.9 Å². The highest BCUT2D eigenvalue weighted by molar-refractivity contribution is 7.09. The zero-order valence-corrected chi connectivity index (χ0v) is 14.3. The van der Waals surface area contributed by atoms with Crippen LogP contribution in [0.3, 0.4) is 0 Å². The minimum absolute atomic E-state index is 0.355. The first-order valence-electron chi connectivity index (χ1n) is 7.33. The van der Waals surface area contributed by atoms with Crippen LogP contribution in [0.25, 0.3) is 11.3 Å². The molecule has 1 aliphatic heterocycles. The van der Waals surface area contributed by atoms with Gasteiger partial charge in [-0.05, 0) is 26.0 Å². The van der Waals surface area contributed by atoms with Crippen molar-refractivity contribution < 1.29 is 14.4 Å². The smallest absolute Gasteiger partial charge is 0.314 e. The monoisotopic (exact) mass is 344 g/mol. The van der Waals surface area contributed by atoms with Gasteiger partial charge < -0.3 is 4.90 Å². The van der Waals surface area contributed by atoms with Crippen LogP contribution in [0.5, 0.6) is 0 Å². The van der Waals surface area contributed by atoms with Gasteiger partial charge in [0.1, 0.15) is 6.04 Å². The summed E-state index contributed by atoms with van der Waals surface area (Å²) in [5.74, 6) is -0.967. The summed E-state index contributed by atoms with van der Waals surface area (Å²) in [7, 11) is 1.52. The van der Waals surface area contributed by atoms with Gasteiger partial charge in [-0.15, -0.1) is 11.3 Å². The van der Waals surface area contributed by atoms with E-state index in [4.69, 9.17) is 0 Å². The fraction of sp³-hybridized carbons (Fsp3) is 0.250. The van der Waals surface area contributed by atoms with Crippen molar-refractivity contribution >= 4 is 29.2 Å². The van der Waals surface area contributed by atoms with Gasteiger partial charge in [0.25, 0.3) is 11.8 Å². The van der Waals surface area contributed by atoms with Crippen LogP contribution in [0.4, 0.5) is 4.79 Å². The van der Waals surface area contributed by atoms with Gasteiger partial charge >= 0.3 is 6.03 Å². The Bertz CT molecular complexity index is 795. The van der Waals surface area contributed by atoms with Gasteiger partial charge in [0.05, 0.1) is 10.7 Å². The highest BCUT2D eigenvalue weighted by Crippen LogP contribution is 2.22. The topological polar surface area (TPSA) is 82.6 Å². The van der Waals surface area contributed by atoms with Gasteiger partial charge in [-0.3, -0.25) is 15.0 Å². The van der Waals surface area contributed by atoms with Gasteiger partial charge in [0, 0.05) is 23.6 Å². The Labute approximate surface area is 142 Å². The highest BCUT2D eigenvalue weighted by Gasteiger charge is 2.41. The molecule has 4 amide bonds. The number of nitrogens with zero attached hydrogens (tertiary/aromatic N) is 3. The lowest BCUT2D eigenvalue weighted by molar-refractivity contribution is -0.129. The summed E-state index contributed by atoms with van der Waals surface area (Å²) in [6, 6.07) is 5.70. The Kier molecular flexibility index (Phi) is 4.06. The zero-order chi connectivity index (χ0) is 17.4. The summed E-state index contributed by atoms with van der Waals surface area (Å²) >= 11 is 1.56. The maximum Gasteiger partial charge on any atom is 0.346 e. The molecule has 24 heavy (non-hydrogen) atoms. The van der Waals surface area contributed by atoms with Crippen LogP contribution in [0.2, 0.25) is 0 Å². The maximum atomic E-state index is 12.3. The number of hydrogen-bond donors (Lipinski definition) is 1. The number of imide groups is 1. The molecule has 124 valence electrons. The third-order valence-electron chi connectivity index (χ3n) is 3.93. The van der Waals surface area contributed by atoms with Crippen LogP contribution >= 0.6 is 11.3 Å². The Morgan fingerprint density at radius 1 is 1.25 bits per heavy atom. The molecule has 3 rings (SSSR count). The Morgan fingerprint density at radius 2 is 1.92 bits per heavy atom. The standard InChI is InChI=1S/C16H16N4O3S/c1-9-15(22)20(16(23)19(9)3)18-14(21)12-6-4-11(5-7-12)13-8-24-10(2)17-13/h4-9H,1-3H3,(H,18,21). The summed E-state index contributed by atoms with van der Waals surface area (Å²) < 4.78 is 0. The summed E-state index contributed by atoms with van der Waals surface area (Å²) in [5, 5.41) is 3.67. The SMILES string of the molecule is Cc1nc(-c2ccc(C(=O)NN3C(=O)C(C)N(C)C3=O)cc2)cs1. The van der Waals surface area contributed by atoms with Crippen molar-refractivity contribution in [1.29, 1.82) is 0 Å². The number of benzene rings is 1. The van der Waals surface area contributed by atoms with Gasteiger partial charge in [0.2, 0.25) is 0 Å². The van der Waals surface area contributed by atoms with E-state index in [0.29, 0.717) is 5.56 Å². The molecule has 8 heteroatoms. The van der Waals surface area contributed by atoms with Crippen molar-refractivity contribution in [1.82, 2.24) is 20.3 Å². The number of nitrogens with one attached hydrogen (secondary N) is 1. The summed E-state index contributed by atoms with van der Waals surface area (Å²) in [5.41, 5.74) is 4.47. The van der Waals surface area contributed by atoms with Crippen molar-refractivity contribution in [2.75, 3.05) is 7.05 Å². The van der Waals surface area contributed by atoms with E-state index in [1.54, 1.807) is 42.5 Å². The number of carbonyl (C=O) groups is 3. The molecule has 0 saturated carbocycles. The number of hydrazine groups is 1. The zero-order valence-electron chi connectivity index (χ0n) is 13.4. The van der Waals surface area contributed by atoms with Gasteiger partial charge in [0.15, 0.2) is 0 Å². The predicted molar refractivity (Wildman–Crippen MR) is 89.2 cm³/mol. The molecule has 1 atom stereocenters. The van der Waals surface area contributed by atoms with E-state index in [0.717, 1.165) is 21.3 Å². The minimum atomic E-state index is -0.590. The quantitative estimate of drug-likeness (QED) is 0.864. The average Bonchev–Trinajstić information content (AvgIpc) is 3.09. The van der Waals surface area contributed by atoms with Gasteiger partial charge in [-0.2, -0.15) is 5.01 Å². The summed E-state index contributed by atoms with van der Waals surface area (Å²) in [6.07, 6.45) is 0. The molecule has 7 nitrogen and oxygen atoms in total. The normalized spacial score (nSPS) is 17.5. The minimum Gasteiger partial charge on any atom is -0.314 e. The Hall–Kier alpha value is -2.74. The fourth-order valence-corrected chi connectivity index (χ4v) is 2.95. The first-order chi connectivity index (χ1) is 11.4. The highest BCUT2D eigenvalue weighted by atomic mass is 32.1. The van der Waals surface area contributed by atoms with E-state index in [1.807, 2.05) is 12.3 Å². The number of rotatable bonds is 3. The van der Waals surface area contributed by atoms with Gasteiger partial charge in [-0.25, -0.2) is 9.78 Å². The second kappa shape index (κ2) is 6.04. The summed E-state index contributed by atoms with van der Waals surface area (Å²) in [6.45, 7) is 3.54. The van der Waals surface area contributed by atoms with Crippen LogP contribution in [-0.2, 0) is 4.79 Å². The lowest BCUT2D eigenvalue weighted by Crippen LogP contribution is -2.46. The van der Waals surface area contributed by atoms with Crippen molar-refractivity contribution in [3.8, 4) is 11.3 Å². The van der Waals surface area contributed by atoms with E-state index >= 15 is 0 Å². The molecule has 2 aromatic rings. The number of aromatic nitrogens is 1. The third-order valence-corrected chi connectivity index (χ3v) is 4.70. The van der Waals surface area contributed by atoms with Crippen LogP contribution in [0.15, 0.2) is 29.6 Å². The number of urea groups is 1. The number of hydrogen-bond acceptors (Lipinski definition) is 5. The van der Waals surface area contributed by atoms with Crippen LogP contribution < -0.4 is 5.43 Å². The lowest BCUT2D eigenvalue weighted by atomic mass is 10.1. The van der Waals surface area contributed by atoms with E-state index in [1.165, 1.54) is 11.9 Å². The molecule has 1 aliphatic rings. The fourth-order valence-electron chi connectivity index (χ4n) is 2.33. The molecule has 1 N–H and O–H groups in total. The first-order valence-corrected chi connectivity index (χ1v) is 8.20. The van der Waals surface area contributed by atoms with Crippen LogP contribution in [0, 0.1) is 6.92 Å². The second-order valence-corrected chi connectivity index (χ2v) is 6.58. The van der Waals surface area contributed by atoms with Crippen LogP contribution in [-0.4, -0.2) is 45.8 Å². The molecule has 2 heterocycles. The third kappa shape index (κ3) is 2.76. The molecule has 1 aromatic carbocycles. The maximum absolute atomic E-state index is 12.3. The molecule has 1 fully saturated rings. The molecule has 0 radical (unpaired) electrons. The molecular formula is C16H16N4O3S. The van der Waals surface area contributed by atoms with Crippen molar-refractivity contribution in [3.63, 3.8) is 0 Å². The molecule has 0 aliphatic carbocycles. The Morgan fingerprint density at radius 3 is 2.42 bits per heavy atom. The predicted octanol–water partition coefficient (Wildman–Crippen LogP) is 2.05. The van der Waals surface area contributed by atoms with Crippen molar-refractivity contribution in [2.24, 2.45) is 0 Å². The number of likely N-dealkylation sites (N-methyl/N-ethyl adjacent to an activating group) is 1. The molecule has 1 aromatic heterocycles. The van der Waals surface area contributed by atoms with Crippen molar-refractivity contribution in [3.05, 3.63) is 40.2 Å². The molecule has 0 spiro atoms. The van der Waals surface area contributed by atoms with Crippen LogP contribution in [0.1, 0.15) is 22.3 Å². The number of amides is 4. The molecular weight excluding hydrogens is 328 g/mol. The van der Waals surface area contributed by atoms with E-state index in [9.17, 15) is 14.4 Å². The van der Waals surface area contributed by atoms with Gasteiger partial charge in [-0.1, -0.05) is 12.1 Å². The molecule has 1 saturated heterocycles. The van der Waals surface area contributed by atoms with E-state index in [2.05, 4.69) is 10.4 Å². The first kappa shape index (κ1) is 16.1. The molecule has 1 unspecified atom stereocenters. The molecule has 0 bridgehead atoms. The number of thiazole rings is 1. The number of carbonyl (C=O) groups excluding carboxylic acids is 3. The van der Waals surface area contributed by atoms with Crippen molar-refractivity contribution in [2.45, 2.75) is 19.9 Å². The largest absolute Gasteiger partial charge is 0.346 e. The average molecular weight is 344 g/mol. The van der Waals surface area contributed by atoms with E-state index in [-0.39, 0.29) is 0 Å².